The van der Waals surface area contributed by atoms with Crippen LogP contribution in [-0.4, -0.2) is 62.0 Å². The molecule has 2 aliphatic rings. The summed E-state index contributed by atoms with van der Waals surface area (Å²) in [6, 6.07) is 12.2. The van der Waals surface area contributed by atoms with Crippen LogP contribution < -0.4 is 8.92 Å². The van der Waals surface area contributed by atoms with E-state index in [1.807, 2.05) is 0 Å². The number of ether oxygens (including phenoxy) is 1. The molecule has 2 aromatic rings. The van der Waals surface area contributed by atoms with E-state index in [0.717, 1.165) is 35.9 Å². The van der Waals surface area contributed by atoms with Gasteiger partial charge >= 0.3 is 10.1 Å². The predicted octanol–water partition coefficient (Wildman–Crippen LogP) is 3.51. The van der Waals surface area contributed by atoms with Crippen LogP contribution in [0.2, 0.25) is 0 Å². The molecule has 2 saturated heterocycles. The minimum absolute atomic E-state index is 0.0213. The zero-order chi connectivity index (χ0) is 25.0. The van der Waals surface area contributed by atoms with Crippen LogP contribution in [-0.2, 0) is 19.7 Å². The number of nitrogens with zero attached hydrogens (tertiary/aromatic N) is 2. The van der Waals surface area contributed by atoms with E-state index in [0.29, 0.717) is 18.7 Å². The zero-order valence-electron chi connectivity index (χ0n) is 19.0. The molecule has 0 atom stereocenters. The maximum Gasteiger partial charge on any atom is 0.339 e. The number of benzene rings is 2. The Hall–Kier alpha value is -3.31. The van der Waals surface area contributed by atoms with E-state index < -0.39 is 21.3 Å². The van der Waals surface area contributed by atoms with Gasteiger partial charge in [-0.2, -0.15) is 8.42 Å². The number of carbonyl (C=O) groups excluding carboxylic acids is 3. The molecule has 0 unspecified atom stereocenters. The van der Waals surface area contributed by atoms with Gasteiger partial charge in [0.2, 0.25) is 5.91 Å². The summed E-state index contributed by atoms with van der Waals surface area (Å²) in [5.41, 5.74) is 0.428. The molecule has 0 bridgehead atoms. The van der Waals surface area contributed by atoms with Crippen LogP contribution in [0.15, 0.2) is 58.3 Å². The number of carbonyl (C=O) groups is 3. The first-order valence-electron chi connectivity index (χ1n) is 11.0. The molecule has 9 nitrogen and oxygen atoms in total. The fourth-order valence-electron chi connectivity index (χ4n) is 3.77. The Balaban J connectivity index is 1.53. The molecule has 0 aromatic heterocycles. The maximum atomic E-state index is 12.9. The van der Waals surface area contributed by atoms with Crippen molar-refractivity contribution in [1.82, 2.24) is 9.80 Å². The Morgan fingerprint density at radius 1 is 1.03 bits per heavy atom. The number of likely N-dealkylation sites (tertiary alicyclic amines) is 1. The molecule has 184 valence electrons. The molecule has 2 fully saturated rings. The van der Waals surface area contributed by atoms with Crippen molar-refractivity contribution >= 4 is 45.0 Å². The van der Waals surface area contributed by atoms with Gasteiger partial charge in [-0.1, -0.05) is 24.3 Å². The molecule has 3 amide bonds. The molecule has 0 radical (unpaired) electrons. The van der Waals surface area contributed by atoms with Crippen LogP contribution in [0.4, 0.5) is 4.79 Å². The maximum absolute atomic E-state index is 12.9. The molecular weight excluding hydrogens is 492 g/mol. The van der Waals surface area contributed by atoms with Crippen LogP contribution in [0.5, 0.6) is 11.5 Å². The van der Waals surface area contributed by atoms with Crippen LogP contribution in [0.3, 0.4) is 0 Å². The first-order chi connectivity index (χ1) is 16.8. The van der Waals surface area contributed by atoms with Crippen molar-refractivity contribution in [1.29, 1.82) is 0 Å². The second-order valence-electron chi connectivity index (χ2n) is 7.97. The Bertz CT molecular complexity index is 1270. The Labute approximate surface area is 207 Å². The van der Waals surface area contributed by atoms with Crippen molar-refractivity contribution in [3.8, 4) is 11.5 Å². The minimum Gasteiger partial charge on any atom is -0.493 e. The highest BCUT2D eigenvalue weighted by molar-refractivity contribution is 8.18. The topological polar surface area (TPSA) is 110 Å². The van der Waals surface area contributed by atoms with E-state index in [1.54, 1.807) is 29.2 Å². The average molecular weight is 517 g/mol. The van der Waals surface area contributed by atoms with Gasteiger partial charge in [-0.15, -0.1) is 0 Å². The van der Waals surface area contributed by atoms with Gasteiger partial charge in [-0.3, -0.25) is 19.3 Å². The van der Waals surface area contributed by atoms with Crippen LogP contribution >= 0.6 is 11.8 Å². The van der Waals surface area contributed by atoms with E-state index in [4.69, 9.17) is 8.92 Å². The second kappa shape index (κ2) is 10.5. The largest absolute Gasteiger partial charge is 0.493 e. The summed E-state index contributed by atoms with van der Waals surface area (Å²) < 4.78 is 35.8. The Morgan fingerprint density at radius 2 is 1.74 bits per heavy atom. The third-order valence-electron chi connectivity index (χ3n) is 5.59. The van der Waals surface area contributed by atoms with Gasteiger partial charge in [0.15, 0.2) is 11.5 Å². The van der Waals surface area contributed by atoms with Gasteiger partial charge in [0.25, 0.3) is 11.1 Å². The highest BCUT2D eigenvalue weighted by atomic mass is 32.2. The molecule has 2 heterocycles. The summed E-state index contributed by atoms with van der Waals surface area (Å²) in [5, 5.41) is -0.525. The number of amides is 3. The highest BCUT2D eigenvalue weighted by Crippen LogP contribution is 2.35. The van der Waals surface area contributed by atoms with E-state index in [2.05, 4.69) is 0 Å². The third-order valence-corrected chi connectivity index (χ3v) is 7.75. The number of methoxy groups -OCH3 is 1. The van der Waals surface area contributed by atoms with Gasteiger partial charge in [0.1, 0.15) is 11.4 Å². The zero-order valence-corrected chi connectivity index (χ0v) is 20.6. The fourth-order valence-corrected chi connectivity index (χ4v) is 5.56. The number of hydrogen-bond acceptors (Lipinski definition) is 8. The predicted molar refractivity (Wildman–Crippen MR) is 130 cm³/mol. The van der Waals surface area contributed by atoms with Crippen molar-refractivity contribution in [3.05, 3.63) is 59.0 Å². The van der Waals surface area contributed by atoms with Crippen molar-refractivity contribution in [2.45, 2.75) is 24.2 Å². The van der Waals surface area contributed by atoms with Crippen molar-refractivity contribution in [2.75, 3.05) is 26.7 Å². The molecule has 0 aliphatic carbocycles. The molecular formula is C24H24N2O7S2. The molecule has 11 heteroatoms. The molecule has 4 rings (SSSR count). The molecule has 2 aliphatic heterocycles. The van der Waals surface area contributed by atoms with E-state index in [1.165, 1.54) is 37.5 Å². The second-order valence-corrected chi connectivity index (χ2v) is 10.5. The first-order valence-corrected chi connectivity index (χ1v) is 13.2. The minimum atomic E-state index is -4.12. The van der Waals surface area contributed by atoms with Gasteiger partial charge in [-0.05, 0) is 66.9 Å². The summed E-state index contributed by atoms with van der Waals surface area (Å²) in [5.74, 6) is -0.702. The lowest BCUT2D eigenvalue weighted by molar-refractivity contribution is -0.136. The number of hydrogen-bond donors (Lipinski definition) is 0. The fraction of sp³-hybridized carbons (Fsp3) is 0.292. The summed E-state index contributed by atoms with van der Waals surface area (Å²) >= 11 is 0.729. The smallest absolute Gasteiger partial charge is 0.339 e. The first kappa shape index (κ1) is 24.8. The Kier molecular flexibility index (Phi) is 7.46. The molecule has 35 heavy (non-hydrogen) atoms. The highest BCUT2D eigenvalue weighted by Gasteiger charge is 2.37. The summed E-state index contributed by atoms with van der Waals surface area (Å²) in [6.45, 7) is 0.963. The summed E-state index contributed by atoms with van der Waals surface area (Å²) in [6.07, 6.45) is 4.34. The molecule has 0 spiro atoms. The average Bonchev–Trinajstić information content (AvgIpc) is 3.12. The quantitative estimate of drug-likeness (QED) is 0.406. The van der Waals surface area contributed by atoms with Gasteiger partial charge in [0.05, 0.1) is 12.0 Å². The lowest BCUT2D eigenvalue weighted by Crippen LogP contribution is -2.44. The third kappa shape index (κ3) is 5.68. The molecule has 2 aromatic carbocycles. The van der Waals surface area contributed by atoms with Gasteiger partial charge < -0.3 is 13.8 Å². The van der Waals surface area contributed by atoms with E-state index in [9.17, 15) is 22.8 Å². The van der Waals surface area contributed by atoms with E-state index in [-0.39, 0.29) is 33.8 Å². The monoisotopic (exact) mass is 516 g/mol. The number of rotatable bonds is 7. The van der Waals surface area contributed by atoms with E-state index >= 15 is 0 Å². The number of piperidine rings is 1. The van der Waals surface area contributed by atoms with Crippen molar-refractivity contribution in [3.63, 3.8) is 0 Å². The lowest BCUT2D eigenvalue weighted by atomic mass is 10.1. The Morgan fingerprint density at radius 3 is 2.43 bits per heavy atom. The molecule has 0 N–H and O–H groups in total. The SMILES string of the molecule is COc1ccc(/C=C2\SC(=O)N(CC(=O)N3CCCCC3)C2=O)cc1OS(=O)(=O)c1ccccc1. The van der Waals surface area contributed by atoms with Crippen molar-refractivity contribution < 1.29 is 31.7 Å². The lowest BCUT2D eigenvalue weighted by Gasteiger charge is -2.27. The normalized spacial score (nSPS) is 17.7. The van der Waals surface area contributed by atoms with Crippen molar-refractivity contribution in [2.24, 2.45) is 0 Å². The standard InChI is InChI=1S/C24H24N2O7S2/c1-32-19-11-10-17(14-20(19)33-35(30,31)18-8-4-2-5-9-18)15-21-23(28)26(24(29)34-21)16-22(27)25-12-6-3-7-13-25/h2,4-5,8-11,14-15H,3,6-7,12-13,16H2,1H3/b21-15-. The van der Waals surface area contributed by atoms with Crippen LogP contribution in [0.1, 0.15) is 24.8 Å². The van der Waals surface area contributed by atoms with Gasteiger partial charge in [-0.25, -0.2) is 0 Å². The number of thioether (sulfide) groups is 1. The van der Waals surface area contributed by atoms with Crippen LogP contribution in [0.25, 0.3) is 6.08 Å². The van der Waals surface area contributed by atoms with Crippen LogP contribution in [0, 0.1) is 0 Å². The summed E-state index contributed by atoms with van der Waals surface area (Å²) in [4.78, 5) is 40.6. The molecule has 0 saturated carbocycles. The van der Waals surface area contributed by atoms with Gasteiger partial charge in [0, 0.05) is 13.1 Å². The summed E-state index contributed by atoms with van der Waals surface area (Å²) in [7, 11) is -2.74. The number of imide groups is 1.